The van der Waals surface area contributed by atoms with E-state index in [-0.39, 0.29) is 32.0 Å². The van der Waals surface area contributed by atoms with Crippen molar-refractivity contribution in [2.45, 2.75) is 79.1 Å². The molecule has 2 unspecified atom stereocenters. The highest BCUT2D eigenvalue weighted by Gasteiger charge is 2.43. The van der Waals surface area contributed by atoms with Gasteiger partial charge >= 0.3 is 11.9 Å². The lowest BCUT2D eigenvalue weighted by Gasteiger charge is -2.39. The number of benzene rings is 1. The number of hydrogen-bond donors (Lipinski definition) is 3. The number of β-amino-alcohol motifs (C(OH)–C–C–N with tert-alkyl or cyclic N) is 1. The molecular formula is C30H44N2O7. The number of carbonyl (C=O) groups excluding carboxylic acids is 3. The summed E-state index contributed by atoms with van der Waals surface area (Å²) in [5.74, 6) is -0.201. The van der Waals surface area contributed by atoms with E-state index in [1.54, 1.807) is 71.9 Å². The maximum absolute atomic E-state index is 12.8. The molecule has 39 heavy (non-hydrogen) atoms. The van der Waals surface area contributed by atoms with Crippen LogP contribution in [-0.2, 0) is 23.9 Å². The Morgan fingerprint density at radius 3 is 2.13 bits per heavy atom. The Morgan fingerprint density at radius 2 is 1.59 bits per heavy atom. The number of amides is 1. The Morgan fingerprint density at radius 1 is 0.974 bits per heavy atom. The van der Waals surface area contributed by atoms with E-state index >= 15 is 0 Å². The number of rotatable bonds is 11. The minimum atomic E-state index is -1.36. The summed E-state index contributed by atoms with van der Waals surface area (Å²) in [7, 11) is 0. The van der Waals surface area contributed by atoms with Crippen molar-refractivity contribution in [1.29, 1.82) is 0 Å². The molecule has 0 saturated carbocycles. The van der Waals surface area contributed by atoms with Crippen LogP contribution < -0.4 is 15.4 Å². The van der Waals surface area contributed by atoms with E-state index in [4.69, 9.17) is 14.2 Å². The number of hydrogen-bond acceptors (Lipinski definition) is 8. The number of aliphatic hydroxyl groups excluding tert-OH is 1. The highest BCUT2D eigenvalue weighted by atomic mass is 16.6. The normalized spacial score (nSPS) is 18.5. The van der Waals surface area contributed by atoms with E-state index in [9.17, 15) is 19.5 Å². The molecule has 1 aromatic rings. The standard InChI is InChI=1S/C30H44N2O7/c1-27(2,3)25(35)38-22-14-16-30(17-15-22,39-26(36)28(4,5)6)23(33)18-32-29(7,8)20-31-24(34)19-37-21-12-10-9-11-13-21/h9-16,23,32-33H,17-20H2,1-8H3,(H,31,34). The van der Waals surface area contributed by atoms with Gasteiger partial charge in [-0.3, -0.25) is 14.4 Å². The van der Waals surface area contributed by atoms with Crippen LogP contribution in [0.4, 0.5) is 0 Å². The summed E-state index contributed by atoms with van der Waals surface area (Å²) in [6.07, 6.45) is 3.75. The second-order valence-corrected chi connectivity index (χ2v) is 12.5. The van der Waals surface area contributed by atoms with Crippen molar-refractivity contribution < 1.29 is 33.7 Å². The Bertz CT molecular complexity index is 1070. The van der Waals surface area contributed by atoms with E-state index in [1.165, 1.54) is 0 Å². The van der Waals surface area contributed by atoms with Gasteiger partial charge in [0.05, 0.1) is 10.8 Å². The summed E-state index contributed by atoms with van der Waals surface area (Å²) in [4.78, 5) is 37.4. The fraction of sp³-hybridized carbons (Fsp3) is 0.567. The van der Waals surface area contributed by atoms with Crippen molar-refractivity contribution in [1.82, 2.24) is 10.6 Å². The Labute approximate surface area is 232 Å². The van der Waals surface area contributed by atoms with Gasteiger partial charge in [0.2, 0.25) is 0 Å². The first-order valence-corrected chi connectivity index (χ1v) is 13.2. The van der Waals surface area contributed by atoms with Crippen LogP contribution >= 0.6 is 0 Å². The minimum absolute atomic E-state index is 0.0656. The lowest BCUT2D eigenvalue weighted by Crippen LogP contribution is -2.56. The molecule has 0 spiro atoms. The third kappa shape index (κ3) is 10.1. The Kier molecular flexibility index (Phi) is 10.5. The molecule has 0 radical (unpaired) electrons. The monoisotopic (exact) mass is 544 g/mol. The molecule has 9 nitrogen and oxygen atoms in total. The van der Waals surface area contributed by atoms with Gasteiger partial charge in [-0.25, -0.2) is 0 Å². The lowest BCUT2D eigenvalue weighted by atomic mass is 9.86. The van der Waals surface area contributed by atoms with Crippen LogP contribution in [0.2, 0.25) is 0 Å². The highest BCUT2D eigenvalue weighted by molar-refractivity contribution is 5.78. The average molecular weight is 545 g/mol. The van der Waals surface area contributed by atoms with Gasteiger partial charge in [0.15, 0.2) is 12.2 Å². The van der Waals surface area contributed by atoms with Crippen LogP contribution in [0, 0.1) is 10.8 Å². The summed E-state index contributed by atoms with van der Waals surface area (Å²) in [5.41, 5.74) is -3.43. The molecule has 0 aromatic heterocycles. The van der Waals surface area contributed by atoms with Gasteiger partial charge in [-0.05, 0) is 85.8 Å². The number of allylic oxidation sites excluding steroid dienone is 1. The second kappa shape index (κ2) is 12.8. The predicted octanol–water partition coefficient (Wildman–Crippen LogP) is 3.67. The lowest BCUT2D eigenvalue weighted by molar-refractivity contribution is -0.175. The first-order chi connectivity index (χ1) is 17.9. The van der Waals surface area contributed by atoms with Crippen LogP contribution in [0.3, 0.4) is 0 Å². The van der Waals surface area contributed by atoms with Gasteiger partial charge in [-0.15, -0.1) is 0 Å². The highest BCUT2D eigenvalue weighted by Crippen LogP contribution is 2.33. The minimum Gasteiger partial charge on any atom is -0.484 e. The van der Waals surface area contributed by atoms with E-state index < -0.39 is 40.0 Å². The quantitative estimate of drug-likeness (QED) is 0.361. The summed E-state index contributed by atoms with van der Waals surface area (Å²) in [6.45, 7) is 14.5. The molecule has 9 heteroatoms. The zero-order chi connectivity index (χ0) is 29.5. The van der Waals surface area contributed by atoms with Crippen LogP contribution in [0.5, 0.6) is 5.75 Å². The molecule has 0 saturated heterocycles. The Hall–Kier alpha value is -3.17. The Balaban J connectivity index is 2.01. The number of ether oxygens (including phenoxy) is 3. The smallest absolute Gasteiger partial charge is 0.316 e. The zero-order valence-electron chi connectivity index (χ0n) is 24.4. The average Bonchev–Trinajstić information content (AvgIpc) is 2.85. The maximum Gasteiger partial charge on any atom is 0.316 e. The van der Waals surface area contributed by atoms with Crippen molar-refractivity contribution in [3.63, 3.8) is 0 Å². The topological polar surface area (TPSA) is 123 Å². The molecule has 216 valence electrons. The predicted molar refractivity (Wildman–Crippen MR) is 149 cm³/mol. The first kappa shape index (κ1) is 32.0. The third-order valence-corrected chi connectivity index (χ3v) is 6.05. The molecule has 1 aliphatic carbocycles. The van der Waals surface area contributed by atoms with Gasteiger partial charge in [0, 0.05) is 25.0 Å². The van der Waals surface area contributed by atoms with Crippen molar-refractivity contribution >= 4 is 17.8 Å². The molecule has 3 N–H and O–H groups in total. The molecule has 0 bridgehead atoms. The van der Waals surface area contributed by atoms with Gasteiger partial charge in [-0.2, -0.15) is 0 Å². The molecule has 0 aliphatic heterocycles. The number of esters is 2. The summed E-state index contributed by atoms with van der Waals surface area (Å²) < 4.78 is 16.8. The largest absolute Gasteiger partial charge is 0.484 e. The summed E-state index contributed by atoms with van der Waals surface area (Å²) in [5, 5.41) is 17.3. The molecule has 1 amide bonds. The van der Waals surface area contributed by atoms with Crippen LogP contribution in [0.25, 0.3) is 0 Å². The molecule has 2 atom stereocenters. The first-order valence-electron chi connectivity index (χ1n) is 13.2. The van der Waals surface area contributed by atoms with Crippen LogP contribution in [0.1, 0.15) is 61.8 Å². The van der Waals surface area contributed by atoms with Crippen molar-refractivity contribution in [2.75, 3.05) is 19.7 Å². The number of para-hydroxylation sites is 1. The van der Waals surface area contributed by atoms with E-state index in [0.29, 0.717) is 11.5 Å². The van der Waals surface area contributed by atoms with Crippen LogP contribution in [-0.4, -0.2) is 59.9 Å². The van der Waals surface area contributed by atoms with Crippen molar-refractivity contribution in [3.05, 3.63) is 54.3 Å². The van der Waals surface area contributed by atoms with E-state index in [2.05, 4.69) is 10.6 Å². The number of aliphatic hydroxyl groups is 1. The summed E-state index contributed by atoms with van der Waals surface area (Å²) in [6, 6.07) is 9.06. The third-order valence-electron chi connectivity index (χ3n) is 6.05. The fourth-order valence-corrected chi connectivity index (χ4v) is 3.32. The summed E-state index contributed by atoms with van der Waals surface area (Å²) >= 11 is 0. The molecule has 0 fully saturated rings. The van der Waals surface area contributed by atoms with Gasteiger partial charge in [0.1, 0.15) is 17.6 Å². The molecule has 0 heterocycles. The second-order valence-electron chi connectivity index (χ2n) is 12.5. The van der Waals surface area contributed by atoms with Crippen molar-refractivity contribution in [3.8, 4) is 5.75 Å². The molecule has 2 rings (SSSR count). The fourth-order valence-electron chi connectivity index (χ4n) is 3.32. The van der Waals surface area contributed by atoms with Crippen LogP contribution in [0.15, 0.2) is 54.3 Å². The number of carbonyl (C=O) groups is 3. The van der Waals surface area contributed by atoms with E-state index in [1.807, 2.05) is 32.0 Å². The van der Waals surface area contributed by atoms with Gasteiger partial charge < -0.3 is 30.0 Å². The van der Waals surface area contributed by atoms with E-state index in [0.717, 1.165) is 0 Å². The van der Waals surface area contributed by atoms with Crippen molar-refractivity contribution in [2.24, 2.45) is 10.8 Å². The SMILES string of the molecule is CC(C)(CNC(=O)COc1ccccc1)NCC(O)C1(OC(=O)C(C)(C)C)C=CC(OC(=O)C(C)(C)C)=CC1. The maximum atomic E-state index is 12.8. The molecule has 1 aromatic carbocycles. The zero-order valence-corrected chi connectivity index (χ0v) is 24.4. The molecular weight excluding hydrogens is 500 g/mol. The molecule has 1 aliphatic rings. The number of nitrogens with one attached hydrogen (secondary N) is 2. The van der Waals surface area contributed by atoms with Gasteiger partial charge in [0.25, 0.3) is 5.91 Å². The van der Waals surface area contributed by atoms with Gasteiger partial charge in [-0.1, -0.05) is 18.2 Å².